The Kier molecular flexibility index (Phi) is 2.66. The van der Waals surface area contributed by atoms with Crippen LogP contribution in [0.25, 0.3) is 0 Å². The number of rotatable bonds is 1. The van der Waals surface area contributed by atoms with E-state index in [0.29, 0.717) is 11.7 Å². The van der Waals surface area contributed by atoms with E-state index in [1.54, 1.807) is 0 Å². The fourth-order valence-corrected chi connectivity index (χ4v) is 2.03. The summed E-state index contributed by atoms with van der Waals surface area (Å²) in [5, 5.41) is 0. The van der Waals surface area contributed by atoms with E-state index in [0.717, 1.165) is 11.4 Å². The molecule has 1 aliphatic carbocycles. The summed E-state index contributed by atoms with van der Waals surface area (Å²) < 4.78 is 0. The molecule has 0 radical (unpaired) electrons. The van der Waals surface area contributed by atoms with Gasteiger partial charge in [-0.1, -0.05) is 19.3 Å². The zero-order chi connectivity index (χ0) is 9.97. The molecule has 0 atom stereocenters. The van der Waals surface area contributed by atoms with Crippen LogP contribution in [-0.2, 0) is 0 Å². The molecule has 1 aromatic heterocycles. The summed E-state index contributed by atoms with van der Waals surface area (Å²) in [6.45, 7) is 1.94. The van der Waals surface area contributed by atoms with E-state index >= 15 is 0 Å². The van der Waals surface area contributed by atoms with E-state index in [4.69, 9.17) is 5.73 Å². The Morgan fingerprint density at radius 2 is 2.00 bits per heavy atom. The summed E-state index contributed by atoms with van der Waals surface area (Å²) in [5.74, 6) is 2.14. The third kappa shape index (κ3) is 1.86. The number of anilines is 1. The van der Waals surface area contributed by atoms with Crippen molar-refractivity contribution in [1.29, 1.82) is 0 Å². The molecule has 0 aromatic carbocycles. The van der Waals surface area contributed by atoms with Gasteiger partial charge in [0, 0.05) is 17.7 Å². The van der Waals surface area contributed by atoms with Gasteiger partial charge in [-0.05, 0) is 19.8 Å². The molecule has 0 spiro atoms. The molecule has 1 aromatic rings. The summed E-state index contributed by atoms with van der Waals surface area (Å²) in [5.41, 5.74) is 6.75. The van der Waals surface area contributed by atoms with Crippen molar-refractivity contribution in [2.75, 3.05) is 5.73 Å². The molecule has 3 nitrogen and oxygen atoms in total. The van der Waals surface area contributed by atoms with Crippen molar-refractivity contribution in [3.8, 4) is 0 Å². The minimum absolute atomic E-state index is 0.548. The highest BCUT2D eigenvalue weighted by atomic mass is 14.9. The molecule has 0 aliphatic heterocycles. The van der Waals surface area contributed by atoms with Gasteiger partial charge in [0.15, 0.2) is 0 Å². The summed E-state index contributed by atoms with van der Waals surface area (Å²) in [4.78, 5) is 8.73. The maximum Gasteiger partial charge on any atom is 0.133 e. The Bertz CT molecular complexity index is 316. The molecule has 2 rings (SSSR count). The van der Waals surface area contributed by atoms with E-state index in [1.165, 1.54) is 32.1 Å². The quantitative estimate of drug-likeness (QED) is 0.741. The molecule has 76 valence electrons. The predicted octanol–water partition coefficient (Wildman–Crippen LogP) is 2.41. The average Bonchev–Trinajstić information content (AvgIpc) is 2.23. The highest BCUT2D eigenvalue weighted by Gasteiger charge is 2.18. The van der Waals surface area contributed by atoms with Gasteiger partial charge in [-0.3, -0.25) is 0 Å². The predicted molar refractivity (Wildman–Crippen MR) is 57.0 cm³/mol. The van der Waals surface area contributed by atoms with Gasteiger partial charge in [0.1, 0.15) is 11.6 Å². The largest absolute Gasteiger partial charge is 0.383 e. The number of nitrogens with zero attached hydrogens (tertiary/aromatic N) is 2. The first-order chi connectivity index (χ1) is 6.77. The van der Waals surface area contributed by atoms with Crippen LogP contribution in [0.5, 0.6) is 0 Å². The normalized spacial score (nSPS) is 18.4. The van der Waals surface area contributed by atoms with Gasteiger partial charge < -0.3 is 5.73 Å². The first kappa shape index (κ1) is 9.44. The molecule has 0 bridgehead atoms. The van der Waals surface area contributed by atoms with Gasteiger partial charge in [0.2, 0.25) is 0 Å². The molecule has 1 aliphatic rings. The van der Waals surface area contributed by atoms with Gasteiger partial charge >= 0.3 is 0 Å². The van der Waals surface area contributed by atoms with Crippen LogP contribution in [0.1, 0.15) is 49.4 Å². The zero-order valence-corrected chi connectivity index (χ0v) is 8.66. The van der Waals surface area contributed by atoms with Gasteiger partial charge in [0.05, 0.1) is 0 Å². The maximum atomic E-state index is 5.78. The Labute approximate surface area is 84.8 Å². The van der Waals surface area contributed by atoms with E-state index in [-0.39, 0.29) is 0 Å². The fraction of sp³-hybridized carbons (Fsp3) is 0.636. The van der Waals surface area contributed by atoms with Crippen molar-refractivity contribution in [3.05, 3.63) is 17.6 Å². The molecule has 1 fully saturated rings. The Hall–Kier alpha value is -1.12. The third-order valence-electron chi connectivity index (χ3n) is 3.00. The van der Waals surface area contributed by atoms with Gasteiger partial charge in [-0.2, -0.15) is 0 Å². The maximum absolute atomic E-state index is 5.78. The van der Waals surface area contributed by atoms with Crippen LogP contribution in [0.3, 0.4) is 0 Å². The summed E-state index contributed by atoms with van der Waals surface area (Å²) in [6, 6.07) is 0. The van der Waals surface area contributed by atoms with Crippen LogP contribution in [-0.4, -0.2) is 9.97 Å². The molecule has 1 saturated carbocycles. The summed E-state index contributed by atoms with van der Waals surface area (Å²) in [6.07, 6.45) is 8.26. The first-order valence-corrected chi connectivity index (χ1v) is 5.36. The molecular weight excluding hydrogens is 174 g/mol. The van der Waals surface area contributed by atoms with Gasteiger partial charge in [0.25, 0.3) is 0 Å². The smallest absolute Gasteiger partial charge is 0.133 e. The number of aryl methyl sites for hydroxylation is 1. The molecule has 14 heavy (non-hydrogen) atoms. The van der Waals surface area contributed by atoms with E-state index in [1.807, 2.05) is 13.1 Å². The fourth-order valence-electron chi connectivity index (χ4n) is 2.03. The lowest BCUT2D eigenvalue weighted by Crippen LogP contribution is -2.10. The summed E-state index contributed by atoms with van der Waals surface area (Å²) in [7, 11) is 0. The van der Waals surface area contributed by atoms with Crippen LogP contribution in [0.4, 0.5) is 5.82 Å². The topological polar surface area (TPSA) is 51.8 Å². The van der Waals surface area contributed by atoms with Crippen molar-refractivity contribution < 1.29 is 0 Å². The molecule has 3 heteroatoms. The lowest BCUT2D eigenvalue weighted by Gasteiger charge is -2.20. The molecule has 1 heterocycles. The molecular formula is C11H17N3. The standard InChI is InChI=1S/C11H17N3/c1-8-7-13-11(14-10(8)12)9-5-3-2-4-6-9/h7,9H,2-6H2,1H3,(H2,12,13,14). The van der Waals surface area contributed by atoms with Crippen LogP contribution in [0.15, 0.2) is 6.20 Å². The third-order valence-corrected chi connectivity index (χ3v) is 3.00. The molecule has 2 N–H and O–H groups in total. The van der Waals surface area contributed by atoms with Crippen LogP contribution >= 0.6 is 0 Å². The van der Waals surface area contributed by atoms with Gasteiger partial charge in [-0.25, -0.2) is 9.97 Å². The number of nitrogen functional groups attached to an aromatic ring is 1. The van der Waals surface area contributed by atoms with E-state index < -0.39 is 0 Å². The summed E-state index contributed by atoms with van der Waals surface area (Å²) >= 11 is 0. The highest BCUT2D eigenvalue weighted by Crippen LogP contribution is 2.30. The number of nitrogens with two attached hydrogens (primary N) is 1. The number of hydrogen-bond donors (Lipinski definition) is 1. The second-order valence-electron chi connectivity index (χ2n) is 4.13. The Morgan fingerprint density at radius 1 is 1.29 bits per heavy atom. The molecule has 0 saturated heterocycles. The van der Waals surface area contributed by atoms with E-state index in [9.17, 15) is 0 Å². The van der Waals surface area contributed by atoms with E-state index in [2.05, 4.69) is 9.97 Å². The minimum atomic E-state index is 0.548. The molecule has 0 amide bonds. The highest BCUT2D eigenvalue weighted by molar-refractivity contribution is 5.36. The second kappa shape index (κ2) is 3.95. The monoisotopic (exact) mass is 191 g/mol. The van der Waals surface area contributed by atoms with Gasteiger partial charge in [-0.15, -0.1) is 0 Å². The van der Waals surface area contributed by atoms with Crippen molar-refractivity contribution in [2.24, 2.45) is 0 Å². The van der Waals surface area contributed by atoms with Crippen LogP contribution < -0.4 is 5.73 Å². The minimum Gasteiger partial charge on any atom is -0.383 e. The van der Waals surface area contributed by atoms with Crippen molar-refractivity contribution in [2.45, 2.75) is 44.9 Å². The average molecular weight is 191 g/mol. The number of aromatic nitrogens is 2. The van der Waals surface area contributed by atoms with Crippen LogP contribution in [0, 0.1) is 6.92 Å². The molecule has 0 unspecified atom stereocenters. The van der Waals surface area contributed by atoms with Crippen molar-refractivity contribution in [3.63, 3.8) is 0 Å². The lowest BCUT2D eigenvalue weighted by molar-refractivity contribution is 0.429. The number of hydrogen-bond acceptors (Lipinski definition) is 3. The zero-order valence-electron chi connectivity index (χ0n) is 8.66. The second-order valence-corrected chi connectivity index (χ2v) is 4.13. The van der Waals surface area contributed by atoms with Crippen molar-refractivity contribution >= 4 is 5.82 Å². The van der Waals surface area contributed by atoms with Crippen molar-refractivity contribution in [1.82, 2.24) is 9.97 Å². The lowest BCUT2D eigenvalue weighted by atomic mass is 9.88. The Morgan fingerprint density at radius 3 is 2.64 bits per heavy atom. The first-order valence-electron chi connectivity index (χ1n) is 5.36. The van der Waals surface area contributed by atoms with Crippen LogP contribution in [0.2, 0.25) is 0 Å². The Balaban J connectivity index is 2.18. The SMILES string of the molecule is Cc1cnc(C2CCCCC2)nc1N.